The van der Waals surface area contributed by atoms with Gasteiger partial charge in [0.15, 0.2) is 23.0 Å². The lowest BCUT2D eigenvalue weighted by molar-refractivity contribution is 0.202. The summed E-state index contributed by atoms with van der Waals surface area (Å²) in [6.45, 7) is 2.95. The lowest BCUT2D eigenvalue weighted by Crippen LogP contribution is -2.24. The molecule has 2 rings (SSSR count). The van der Waals surface area contributed by atoms with Crippen molar-refractivity contribution >= 4 is 28.2 Å². The van der Waals surface area contributed by atoms with Gasteiger partial charge in [-0.15, -0.1) is 0 Å². The molecule has 2 aromatic rings. The van der Waals surface area contributed by atoms with Crippen LogP contribution in [0.1, 0.15) is 12.5 Å². The number of halogens is 1. The summed E-state index contributed by atoms with van der Waals surface area (Å²) in [6, 6.07) is 10.2. The second-order valence-corrected chi connectivity index (χ2v) is 6.20. The Morgan fingerprint density at radius 2 is 1.86 bits per heavy atom. The first-order valence-electron chi connectivity index (χ1n) is 8.48. The quantitative estimate of drug-likeness (QED) is 0.327. The number of nitrogens with zero attached hydrogens (tertiary/aromatic N) is 1. The van der Waals surface area contributed by atoms with Gasteiger partial charge in [-0.3, -0.25) is 0 Å². The fourth-order valence-corrected chi connectivity index (χ4v) is 2.84. The van der Waals surface area contributed by atoms with Gasteiger partial charge in [0.25, 0.3) is 0 Å². The van der Waals surface area contributed by atoms with E-state index in [1.165, 1.54) is 6.21 Å². The van der Waals surface area contributed by atoms with Crippen LogP contribution in [0.15, 0.2) is 46.0 Å². The van der Waals surface area contributed by atoms with Gasteiger partial charge in [0, 0.05) is 0 Å². The fraction of sp³-hybridized carbons (Fsp3) is 0.263. The average Bonchev–Trinajstić information content (AvgIpc) is 2.67. The van der Waals surface area contributed by atoms with Crippen molar-refractivity contribution in [2.45, 2.75) is 6.92 Å². The summed E-state index contributed by atoms with van der Waals surface area (Å²) in [5, 5.41) is 3.74. The maximum atomic E-state index is 10.7. The van der Waals surface area contributed by atoms with Crippen LogP contribution in [0.2, 0.25) is 0 Å². The Balaban J connectivity index is 2.03. The molecule has 0 fully saturated rings. The van der Waals surface area contributed by atoms with Gasteiger partial charge in [0.1, 0.15) is 13.2 Å². The molecule has 0 saturated carbocycles. The zero-order valence-electron chi connectivity index (χ0n) is 15.6. The highest BCUT2D eigenvalue weighted by molar-refractivity contribution is 9.10. The van der Waals surface area contributed by atoms with Crippen molar-refractivity contribution in [3.05, 3.63) is 46.4 Å². The number of ether oxygens (including phenoxy) is 4. The number of nitrogens with one attached hydrogen (secondary N) is 1. The second kappa shape index (κ2) is 11.0. The van der Waals surface area contributed by atoms with Crippen molar-refractivity contribution in [3.63, 3.8) is 0 Å². The van der Waals surface area contributed by atoms with Gasteiger partial charge in [-0.2, -0.15) is 5.10 Å². The Labute approximate surface area is 171 Å². The van der Waals surface area contributed by atoms with Crippen LogP contribution in [0.25, 0.3) is 0 Å². The normalized spacial score (nSPS) is 10.5. The smallest absolute Gasteiger partial charge is 0.332 e. The minimum absolute atomic E-state index is 0.299. The van der Waals surface area contributed by atoms with Crippen LogP contribution in [0, 0.1) is 0 Å². The molecule has 3 N–H and O–H groups in total. The zero-order valence-corrected chi connectivity index (χ0v) is 17.2. The molecule has 9 heteroatoms. The molecule has 0 heterocycles. The van der Waals surface area contributed by atoms with Crippen molar-refractivity contribution in [2.24, 2.45) is 10.8 Å². The number of carbonyl (C=O) groups excluding carboxylic acids is 1. The molecule has 0 radical (unpaired) electrons. The molecule has 150 valence electrons. The first-order chi connectivity index (χ1) is 13.5. The Morgan fingerprint density at radius 1 is 1.14 bits per heavy atom. The number of hydrogen-bond acceptors (Lipinski definition) is 6. The zero-order chi connectivity index (χ0) is 20.4. The monoisotopic (exact) mass is 451 g/mol. The van der Waals surface area contributed by atoms with E-state index in [-0.39, 0.29) is 0 Å². The molecule has 2 aromatic carbocycles. The van der Waals surface area contributed by atoms with E-state index < -0.39 is 6.03 Å². The second-order valence-electron chi connectivity index (χ2n) is 5.35. The molecule has 0 aromatic heterocycles. The van der Waals surface area contributed by atoms with Crippen molar-refractivity contribution in [3.8, 4) is 23.0 Å². The lowest BCUT2D eigenvalue weighted by atomic mass is 10.2. The molecule has 0 atom stereocenters. The highest BCUT2D eigenvalue weighted by atomic mass is 79.9. The van der Waals surface area contributed by atoms with Crippen molar-refractivity contribution < 1.29 is 23.7 Å². The van der Waals surface area contributed by atoms with E-state index in [2.05, 4.69) is 26.5 Å². The van der Waals surface area contributed by atoms with Crippen molar-refractivity contribution in [1.82, 2.24) is 5.43 Å². The van der Waals surface area contributed by atoms with Crippen LogP contribution in [-0.2, 0) is 0 Å². The maximum Gasteiger partial charge on any atom is 0.332 e. The topological polar surface area (TPSA) is 104 Å². The standard InChI is InChI=1S/C19H22BrN3O5/c1-3-26-17-11-13(12-22-23-19(21)24)10-14(20)18(17)28-9-8-27-16-7-5-4-6-15(16)25-2/h4-7,10-12H,3,8-9H2,1-2H3,(H3,21,23,24). The maximum absolute atomic E-state index is 10.7. The van der Waals surface area contributed by atoms with Gasteiger partial charge in [-0.1, -0.05) is 12.1 Å². The number of amides is 2. The highest BCUT2D eigenvalue weighted by Gasteiger charge is 2.12. The first-order valence-corrected chi connectivity index (χ1v) is 9.28. The summed E-state index contributed by atoms with van der Waals surface area (Å²) >= 11 is 3.47. The number of methoxy groups -OCH3 is 1. The molecule has 2 amide bonds. The molecule has 0 aliphatic heterocycles. The number of carbonyl (C=O) groups is 1. The van der Waals surface area contributed by atoms with Crippen LogP contribution in [-0.4, -0.2) is 39.2 Å². The highest BCUT2D eigenvalue weighted by Crippen LogP contribution is 2.36. The Kier molecular flexibility index (Phi) is 8.41. The van der Waals surface area contributed by atoms with E-state index in [1.807, 2.05) is 31.2 Å². The summed E-state index contributed by atoms with van der Waals surface area (Å²) in [7, 11) is 1.59. The molecule has 0 aliphatic rings. The van der Waals surface area contributed by atoms with Crippen LogP contribution >= 0.6 is 15.9 Å². The molecule has 0 aliphatic carbocycles. The van der Waals surface area contributed by atoms with Gasteiger partial charge >= 0.3 is 6.03 Å². The van der Waals surface area contributed by atoms with Crippen LogP contribution in [0.5, 0.6) is 23.0 Å². The molecule has 0 saturated heterocycles. The van der Waals surface area contributed by atoms with Gasteiger partial charge in [0.2, 0.25) is 0 Å². The Morgan fingerprint density at radius 3 is 2.54 bits per heavy atom. The number of primary amides is 1. The molecule has 0 spiro atoms. The minimum atomic E-state index is -0.740. The third kappa shape index (κ3) is 6.34. The number of benzene rings is 2. The van der Waals surface area contributed by atoms with E-state index in [0.29, 0.717) is 52.9 Å². The van der Waals surface area contributed by atoms with Gasteiger partial charge in [0.05, 0.1) is 24.4 Å². The van der Waals surface area contributed by atoms with Gasteiger partial charge < -0.3 is 24.7 Å². The van der Waals surface area contributed by atoms with Crippen LogP contribution < -0.4 is 30.1 Å². The van der Waals surface area contributed by atoms with E-state index >= 15 is 0 Å². The molecular weight excluding hydrogens is 430 g/mol. The molecule has 0 unspecified atom stereocenters. The van der Waals surface area contributed by atoms with Gasteiger partial charge in [-0.25, -0.2) is 10.2 Å². The van der Waals surface area contributed by atoms with E-state index in [4.69, 9.17) is 24.7 Å². The van der Waals surface area contributed by atoms with E-state index in [9.17, 15) is 4.79 Å². The predicted octanol–water partition coefficient (Wildman–Crippen LogP) is 3.32. The fourth-order valence-electron chi connectivity index (χ4n) is 2.27. The lowest BCUT2D eigenvalue weighted by Gasteiger charge is -2.15. The van der Waals surface area contributed by atoms with E-state index in [1.54, 1.807) is 19.2 Å². The third-order valence-electron chi connectivity index (χ3n) is 3.38. The number of urea groups is 1. The number of hydrogen-bond donors (Lipinski definition) is 2. The summed E-state index contributed by atoms with van der Waals surface area (Å²) < 4.78 is 23.1. The van der Waals surface area contributed by atoms with E-state index in [0.717, 1.165) is 0 Å². The average molecular weight is 452 g/mol. The Bertz CT molecular complexity index is 829. The summed E-state index contributed by atoms with van der Waals surface area (Å²) in [4.78, 5) is 10.7. The molecular formula is C19H22BrN3O5. The largest absolute Gasteiger partial charge is 0.493 e. The molecule has 0 bridgehead atoms. The number of hydrazone groups is 1. The predicted molar refractivity (Wildman–Crippen MR) is 110 cm³/mol. The Hall–Kier alpha value is -2.94. The summed E-state index contributed by atoms with van der Waals surface area (Å²) in [6.07, 6.45) is 1.45. The number of para-hydroxylation sites is 2. The third-order valence-corrected chi connectivity index (χ3v) is 3.97. The first kappa shape index (κ1) is 21.4. The molecule has 8 nitrogen and oxygen atoms in total. The minimum Gasteiger partial charge on any atom is -0.493 e. The SMILES string of the molecule is CCOc1cc(C=NNC(N)=O)cc(Br)c1OCCOc1ccccc1OC. The van der Waals surface area contributed by atoms with Gasteiger partial charge in [-0.05, 0) is 52.7 Å². The molecule has 28 heavy (non-hydrogen) atoms. The summed E-state index contributed by atoms with van der Waals surface area (Å²) in [5.41, 5.74) is 7.82. The summed E-state index contributed by atoms with van der Waals surface area (Å²) in [5.74, 6) is 2.39. The number of rotatable bonds is 10. The number of nitrogens with two attached hydrogens (primary N) is 1. The van der Waals surface area contributed by atoms with Crippen LogP contribution in [0.4, 0.5) is 4.79 Å². The van der Waals surface area contributed by atoms with Crippen molar-refractivity contribution in [1.29, 1.82) is 0 Å². The van der Waals surface area contributed by atoms with Crippen LogP contribution in [0.3, 0.4) is 0 Å². The van der Waals surface area contributed by atoms with Crippen molar-refractivity contribution in [2.75, 3.05) is 26.9 Å².